The Hall–Kier alpha value is -1.35. The number of aromatic amines is 1. The number of halogens is 1. The lowest BCUT2D eigenvalue weighted by molar-refractivity contribution is 0.0595. The van der Waals surface area contributed by atoms with Gasteiger partial charge in [0.15, 0.2) is 0 Å². The van der Waals surface area contributed by atoms with Crippen LogP contribution in [-0.2, 0) is 6.42 Å². The minimum absolute atomic E-state index is 0.233. The Morgan fingerprint density at radius 2 is 2.00 bits per heavy atom. The molecular formula is C17H23FN2. The summed E-state index contributed by atoms with van der Waals surface area (Å²) in [6, 6.07) is 9.04. The summed E-state index contributed by atoms with van der Waals surface area (Å²) >= 11 is 0. The van der Waals surface area contributed by atoms with Gasteiger partial charge < -0.3 is 4.98 Å². The Kier molecular flexibility index (Phi) is 3.13. The molecule has 3 rings (SSSR count). The second-order valence-corrected chi connectivity index (χ2v) is 6.68. The van der Waals surface area contributed by atoms with E-state index in [0.29, 0.717) is 12.6 Å². The van der Waals surface area contributed by atoms with Crippen LogP contribution in [0.2, 0.25) is 0 Å². The van der Waals surface area contributed by atoms with Crippen molar-refractivity contribution in [2.45, 2.75) is 51.9 Å². The number of nitrogens with zero attached hydrogens (tertiary/aromatic N) is 1. The Labute approximate surface area is 120 Å². The highest BCUT2D eigenvalue weighted by atomic mass is 19.1. The van der Waals surface area contributed by atoms with Crippen molar-refractivity contribution >= 4 is 10.9 Å². The summed E-state index contributed by atoms with van der Waals surface area (Å²) in [5.41, 5.74) is 2.70. The fourth-order valence-electron chi connectivity index (χ4n) is 3.48. The first kappa shape index (κ1) is 13.6. The van der Waals surface area contributed by atoms with Crippen LogP contribution >= 0.6 is 0 Å². The van der Waals surface area contributed by atoms with E-state index in [1.165, 1.54) is 22.2 Å². The van der Waals surface area contributed by atoms with Crippen LogP contribution in [-0.4, -0.2) is 28.1 Å². The molecule has 2 aromatic rings. The lowest BCUT2D eigenvalue weighted by Gasteiger charge is -2.41. The predicted molar refractivity (Wildman–Crippen MR) is 81.8 cm³/mol. The topological polar surface area (TPSA) is 19.0 Å². The van der Waals surface area contributed by atoms with E-state index in [-0.39, 0.29) is 6.04 Å². The molecule has 0 amide bonds. The zero-order valence-electron chi connectivity index (χ0n) is 12.7. The van der Waals surface area contributed by atoms with Crippen LogP contribution in [0.1, 0.15) is 45.0 Å². The van der Waals surface area contributed by atoms with Crippen molar-refractivity contribution in [3.8, 4) is 0 Å². The molecule has 0 saturated carbocycles. The monoisotopic (exact) mass is 274 g/mol. The molecule has 2 heterocycles. The standard InChI is InChI=1S/C17H23FN2/c1-11-9-14-13-7-5-6-8-15(13)19-16(14)12(2)20(11)10-17(3,4)18/h5-8,11-12,19H,9-10H2,1-4H3. The smallest absolute Gasteiger partial charge is 0.118 e. The molecule has 2 nitrogen and oxygen atoms in total. The Balaban J connectivity index is 2.03. The number of para-hydroxylation sites is 1. The number of hydrogen-bond donors (Lipinski definition) is 1. The zero-order chi connectivity index (χ0) is 14.5. The van der Waals surface area contributed by atoms with Gasteiger partial charge in [-0.15, -0.1) is 0 Å². The highest BCUT2D eigenvalue weighted by Gasteiger charge is 2.35. The molecule has 0 bridgehead atoms. The molecule has 0 aliphatic carbocycles. The fraction of sp³-hybridized carbons (Fsp3) is 0.529. The first-order valence-electron chi connectivity index (χ1n) is 7.41. The quantitative estimate of drug-likeness (QED) is 0.868. The number of fused-ring (bicyclic) bond motifs is 3. The third-order valence-corrected chi connectivity index (χ3v) is 4.39. The second kappa shape index (κ2) is 4.59. The van der Waals surface area contributed by atoms with Crippen LogP contribution in [0, 0.1) is 0 Å². The molecule has 108 valence electrons. The van der Waals surface area contributed by atoms with Gasteiger partial charge in [-0.2, -0.15) is 0 Å². The van der Waals surface area contributed by atoms with Crippen molar-refractivity contribution < 1.29 is 4.39 Å². The Bertz CT molecular complexity index is 623. The van der Waals surface area contributed by atoms with E-state index in [2.05, 4.69) is 48.0 Å². The maximum absolute atomic E-state index is 14.0. The van der Waals surface area contributed by atoms with Crippen molar-refractivity contribution in [1.29, 1.82) is 0 Å². The van der Waals surface area contributed by atoms with Crippen molar-refractivity contribution in [2.24, 2.45) is 0 Å². The molecule has 1 aliphatic heterocycles. The number of alkyl halides is 1. The van der Waals surface area contributed by atoms with Gasteiger partial charge in [0, 0.05) is 35.2 Å². The summed E-state index contributed by atoms with van der Waals surface area (Å²) in [5.74, 6) is 0. The van der Waals surface area contributed by atoms with Gasteiger partial charge in [0.1, 0.15) is 5.67 Å². The molecule has 3 heteroatoms. The molecule has 2 unspecified atom stereocenters. The SMILES string of the molecule is CC1Cc2c([nH]c3ccccc23)C(C)N1CC(C)(C)F. The second-order valence-electron chi connectivity index (χ2n) is 6.68. The van der Waals surface area contributed by atoms with Gasteiger partial charge in [-0.05, 0) is 45.7 Å². The summed E-state index contributed by atoms with van der Waals surface area (Å²) in [6.45, 7) is 8.17. The fourth-order valence-corrected chi connectivity index (χ4v) is 3.48. The number of rotatable bonds is 2. The van der Waals surface area contributed by atoms with Crippen LogP contribution in [0.5, 0.6) is 0 Å². The normalized spacial score (nSPS) is 24.1. The summed E-state index contributed by atoms with van der Waals surface area (Å²) in [6.07, 6.45) is 0.986. The van der Waals surface area contributed by atoms with Crippen LogP contribution in [0.3, 0.4) is 0 Å². The molecule has 2 atom stereocenters. The highest BCUT2D eigenvalue weighted by molar-refractivity contribution is 5.85. The molecule has 0 saturated heterocycles. The first-order chi connectivity index (χ1) is 9.37. The summed E-state index contributed by atoms with van der Waals surface area (Å²) in [5, 5.41) is 1.32. The summed E-state index contributed by atoms with van der Waals surface area (Å²) < 4.78 is 14.0. The van der Waals surface area contributed by atoms with Crippen LogP contribution in [0.4, 0.5) is 4.39 Å². The van der Waals surface area contributed by atoms with Crippen molar-refractivity contribution in [2.75, 3.05) is 6.54 Å². The summed E-state index contributed by atoms with van der Waals surface area (Å²) in [4.78, 5) is 5.81. The lowest BCUT2D eigenvalue weighted by atomic mass is 9.92. The maximum atomic E-state index is 14.0. The third kappa shape index (κ3) is 2.24. The van der Waals surface area contributed by atoms with Crippen molar-refractivity contribution in [3.63, 3.8) is 0 Å². The Morgan fingerprint density at radius 3 is 2.70 bits per heavy atom. The van der Waals surface area contributed by atoms with Gasteiger partial charge >= 0.3 is 0 Å². The van der Waals surface area contributed by atoms with Crippen LogP contribution in [0.25, 0.3) is 10.9 Å². The van der Waals surface area contributed by atoms with Crippen LogP contribution < -0.4 is 0 Å². The molecule has 0 fully saturated rings. The molecule has 1 N–H and O–H groups in total. The predicted octanol–water partition coefficient (Wildman–Crippen LogP) is 4.22. The van der Waals surface area contributed by atoms with Crippen LogP contribution in [0.15, 0.2) is 24.3 Å². The van der Waals surface area contributed by atoms with E-state index < -0.39 is 5.67 Å². The van der Waals surface area contributed by atoms with Crippen molar-refractivity contribution in [3.05, 3.63) is 35.5 Å². The van der Waals surface area contributed by atoms with Crippen molar-refractivity contribution in [1.82, 2.24) is 9.88 Å². The summed E-state index contributed by atoms with van der Waals surface area (Å²) in [7, 11) is 0. The van der Waals surface area contributed by atoms with Gasteiger partial charge in [0.2, 0.25) is 0 Å². The average Bonchev–Trinajstić information content (AvgIpc) is 2.73. The molecule has 0 radical (unpaired) electrons. The van der Waals surface area contributed by atoms with E-state index in [1.54, 1.807) is 13.8 Å². The number of benzene rings is 1. The van der Waals surface area contributed by atoms with Gasteiger partial charge in [0.25, 0.3) is 0 Å². The van der Waals surface area contributed by atoms with E-state index in [0.717, 1.165) is 6.42 Å². The molecular weight excluding hydrogens is 251 g/mol. The first-order valence-corrected chi connectivity index (χ1v) is 7.41. The maximum Gasteiger partial charge on any atom is 0.118 e. The number of H-pyrrole nitrogens is 1. The van der Waals surface area contributed by atoms with E-state index in [1.807, 2.05) is 0 Å². The van der Waals surface area contributed by atoms with Gasteiger partial charge in [-0.1, -0.05) is 18.2 Å². The molecule has 1 aliphatic rings. The van der Waals surface area contributed by atoms with E-state index in [4.69, 9.17) is 0 Å². The van der Waals surface area contributed by atoms with Gasteiger partial charge in [-0.3, -0.25) is 4.90 Å². The van der Waals surface area contributed by atoms with E-state index in [9.17, 15) is 4.39 Å². The Morgan fingerprint density at radius 1 is 1.30 bits per heavy atom. The molecule has 1 aromatic heterocycles. The molecule has 20 heavy (non-hydrogen) atoms. The van der Waals surface area contributed by atoms with E-state index >= 15 is 0 Å². The minimum atomic E-state index is -1.16. The molecule has 1 aromatic carbocycles. The van der Waals surface area contributed by atoms with Gasteiger partial charge in [-0.25, -0.2) is 4.39 Å². The number of nitrogens with one attached hydrogen (secondary N) is 1. The average molecular weight is 274 g/mol. The largest absolute Gasteiger partial charge is 0.357 e. The third-order valence-electron chi connectivity index (χ3n) is 4.39. The molecule has 0 spiro atoms. The zero-order valence-corrected chi connectivity index (χ0v) is 12.7. The highest BCUT2D eigenvalue weighted by Crippen LogP contribution is 2.37. The number of hydrogen-bond acceptors (Lipinski definition) is 1. The lowest BCUT2D eigenvalue weighted by Crippen LogP contribution is -2.46. The minimum Gasteiger partial charge on any atom is -0.357 e. The van der Waals surface area contributed by atoms with Gasteiger partial charge in [0.05, 0.1) is 0 Å². The number of aromatic nitrogens is 1.